The summed E-state index contributed by atoms with van der Waals surface area (Å²) < 4.78 is 5.72. The predicted molar refractivity (Wildman–Crippen MR) is 95.4 cm³/mol. The number of unbranched alkanes of at least 4 members (excludes halogenated alkanes) is 6. The molecule has 0 saturated carbocycles. The van der Waals surface area contributed by atoms with Crippen molar-refractivity contribution in [2.24, 2.45) is 5.92 Å². The second-order valence-corrected chi connectivity index (χ2v) is 6.76. The second kappa shape index (κ2) is 11.1. The van der Waals surface area contributed by atoms with Crippen LogP contribution in [-0.4, -0.2) is 17.7 Å². The zero-order valence-electron chi connectivity index (χ0n) is 14.9. The van der Waals surface area contributed by atoms with Gasteiger partial charge in [0.25, 0.3) is 0 Å². The minimum atomic E-state index is -0.926. The lowest BCUT2D eigenvalue weighted by molar-refractivity contribution is 0.0692. The van der Waals surface area contributed by atoms with Crippen LogP contribution in [0.1, 0.15) is 81.1 Å². The van der Waals surface area contributed by atoms with Gasteiger partial charge < -0.3 is 9.84 Å². The summed E-state index contributed by atoms with van der Waals surface area (Å²) in [6, 6.07) is 5.24. The van der Waals surface area contributed by atoms with Gasteiger partial charge in [-0.05, 0) is 30.9 Å². The number of hydrogen-bond acceptors (Lipinski definition) is 2. The standard InChI is InChI=1S/C20H32O3/c1-16(2)12-9-7-5-4-6-8-10-15-23-19-17(3)13-11-14-18(19)20(21)22/h11,13-14,16H,4-10,12,15H2,1-3H3,(H,21,22). The van der Waals surface area contributed by atoms with Crippen LogP contribution in [0.2, 0.25) is 0 Å². The summed E-state index contributed by atoms with van der Waals surface area (Å²) in [6.07, 6.45) is 10.0. The Morgan fingerprint density at radius 1 is 1.04 bits per heavy atom. The van der Waals surface area contributed by atoms with Crippen LogP contribution in [0.25, 0.3) is 0 Å². The SMILES string of the molecule is Cc1cccc(C(=O)O)c1OCCCCCCCCCC(C)C. The molecule has 0 atom stereocenters. The molecule has 0 aliphatic carbocycles. The minimum Gasteiger partial charge on any atom is -0.492 e. The molecule has 0 aliphatic heterocycles. The molecule has 3 nitrogen and oxygen atoms in total. The van der Waals surface area contributed by atoms with E-state index in [-0.39, 0.29) is 5.56 Å². The zero-order chi connectivity index (χ0) is 17.1. The van der Waals surface area contributed by atoms with Crippen LogP contribution in [-0.2, 0) is 0 Å². The van der Waals surface area contributed by atoms with Gasteiger partial charge >= 0.3 is 5.97 Å². The van der Waals surface area contributed by atoms with Crippen molar-refractivity contribution in [1.29, 1.82) is 0 Å². The van der Waals surface area contributed by atoms with Gasteiger partial charge in [0, 0.05) is 0 Å². The number of carboxylic acids is 1. The average Bonchev–Trinajstić information content (AvgIpc) is 2.49. The van der Waals surface area contributed by atoms with Crippen molar-refractivity contribution in [3.8, 4) is 5.75 Å². The zero-order valence-corrected chi connectivity index (χ0v) is 14.9. The highest BCUT2D eigenvalue weighted by Gasteiger charge is 2.12. The third kappa shape index (κ3) is 8.06. The van der Waals surface area contributed by atoms with Crippen LogP contribution < -0.4 is 4.74 Å². The summed E-state index contributed by atoms with van der Waals surface area (Å²) in [4.78, 5) is 11.2. The lowest BCUT2D eigenvalue weighted by Gasteiger charge is -2.11. The van der Waals surface area contributed by atoms with Crippen LogP contribution in [0.4, 0.5) is 0 Å². The van der Waals surface area contributed by atoms with Gasteiger partial charge in [0.05, 0.1) is 6.61 Å². The van der Waals surface area contributed by atoms with Gasteiger partial charge in [-0.3, -0.25) is 0 Å². The van der Waals surface area contributed by atoms with Crippen molar-refractivity contribution >= 4 is 5.97 Å². The van der Waals surface area contributed by atoms with E-state index in [1.807, 2.05) is 13.0 Å². The molecule has 0 saturated heterocycles. The first-order valence-electron chi connectivity index (χ1n) is 8.98. The molecule has 0 heterocycles. The van der Waals surface area contributed by atoms with E-state index < -0.39 is 5.97 Å². The predicted octanol–water partition coefficient (Wildman–Crippen LogP) is 5.85. The highest BCUT2D eigenvalue weighted by Crippen LogP contribution is 2.23. The maximum Gasteiger partial charge on any atom is 0.339 e. The van der Waals surface area contributed by atoms with E-state index in [2.05, 4.69) is 13.8 Å². The Hall–Kier alpha value is -1.51. The molecule has 0 bridgehead atoms. The first-order chi connectivity index (χ1) is 11.0. The molecule has 0 aromatic heterocycles. The first-order valence-corrected chi connectivity index (χ1v) is 8.98. The number of para-hydroxylation sites is 1. The van der Waals surface area contributed by atoms with Crippen LogP contribution >= 0.6 is 0 Å². The topological polar surface area (TPSA) is 46.5 Å². The van der Waals surface area contributed by atoms with Gasteiger partial charge in [-0.15, -0.1) is 0 Å². The van der Waals surface area contributed by atoms with E-state index in [1.54, 1.807) is 12.1 Å². The summed E-state index contributed by atoms with van der Waals surface area (Å²) in [6.45, 7) is 7.05. The smallest absolute Gasteiger partial charge is 0.339 e. The number of ether oxygens (including phenoxy) is 1. The van der Waals surface area contributed by atoms with Gasteiger partial charge in [0.1, 0.15) is 11.3 Å². The van der Waals surface area contributed by atoms with E-state index in [0.29, 0.717) is 12.4 Å². The van der Waals surface area contributed by atoms with Crippen molar-refractivity contribution < 1.29 is 14.6 Å². The van der Waals surface area contributed by atoms with Crippen LogP contribution in [0.5, 0.6) is 5.75 Å². The Morgan fingerprint density at radius 3 is 2.26 bits per heavy atom. The molecule has 0 unspecified atom stereocenters. The molecule has 1 rings (SSSR count). The van der Waals surface area contributed by atoms with E-state index in [9.17, 15) is 9.90 Å². The number of rotatable bonds is 12. The highest BCUT2D eigenvalue weighted by atomic mass is 16.5. The van der Waals surface area contributed by atoms with E-state index in [4.69, 9.17) is 4.74 Å². The number of aromatic carboxylic acids is 1. The Kier molecular flexibility index (Phi) is 9.42. The number of aryl methyl sites for hydroxylation is 1. The van der Waals surface area contributed by atoms with E-state index >= 15 is 0 Å². The Labute approximate surface area is 141 Å². The van der Waals surface area contributed by atoms with Gasteiger partial charge in [-0.25, -0.2) is 4.79 Å². The molecule has 0 fully saturated rings. The Bertz CT molecular complexity index is 466. The maximum absolute atomic E-state index is 11.2. The van der Waals surface area contributed by atoms with Crippen LogP contribution in [0, 0.1) is 12.8 Å². The molecule has 1 aromatic rings. The highest BCUT2D eigenvalue weighted by molar-refractivity contribution is 5.91. The normalized spacial score (nSPS) is 11.0. The fraction of sp³-hybridized carbons (Fsp3) is 0.650. The van der Waals surface area contributed by atoms with Crippen LogP contribution in [0.15, 0.2) is 18.2 Å². The summed E-state index contributed by atoms with van der Waals surface area (Å²) in [5, 5.41) is 9.19. The monoisotopic (exact) mass is 320 g/mol. The summed E-state index contributed by atoms with van der Waals surface area (Å²) in [7, 11) is 0. The molecule has 0 amide bonds. The molecule has 0 spiro atoms. The third-order valence-electron chi connectivity index (χ3n) is 4.11. The summed E-state index contributed by atoms with van der Waals surface area (Å²) in [5.74, 6) is 0.420. The molecule has 0 radical (unpaired) electrons. The third-order valence-corrected chi connectivity index (χ3v) is 4.11. The largest absolute Gasteiger partial charge is 0.492 e. The molecule has 1 aromatic carbocycles. The Balaban J connectivity index is 2.13. The lowest BCUT2D eigenvalue weighted by Crippen LogP contribution is -2.06. The number of carbonyl (C=O) groups is 1. The van der Waals surface area contributed by atoms with E-state index in [1.165, 1.54) is 38.5 Å². The number of benzene rings is 1. The van der Waals surface area contributed by atoms with Crippen molar-refractivity contribution in [2.75, 3.05) is 6.61 Å². The quantitative estimate of drug-likeness (QED) is 0.491. The molecular formula is C20H32O3. The fourth-order valence-electron chi connectivity index (χ4n) is 2.73. The van der Waals surface area contributed by atoms with E-state index in [0.717, 1.165) is 24.3 Å². The molecule has 0 aliphatic rings. The lowest BCUT2D eigenvalue weighted by atomic mass is 10.0. The number of hydrogen-bond donors (Lipinski definition) is 1. The Morgan fingerprint density at radius 2 is 1.65 bits per heavy atom. The molecule has 130 valence electrons. The number of carboxylic acid groups (broad SMARTS) is 1. The van der Waals surface area contributed by atoms with Crippen molar-refractivity contribution in [1.82, 2.24) is 0 Å². The molecule has 23 heavy (non-hydrogen) atoms. The van der Waals surface area contributed by atoms with Crippen LogP contribution in [0.3, 0.4) is 0 Å². The first kappa shape index (κ1) is 19.5. The van der Waals surface area contributed by atoms with Crippen molar-refractivity contribution in [3.63, 3.8) is 0 Å². The van der Waals surface area contributed by atoms with Gasteiger partial charge in [-0.1, -0.05) is 70.9 Å². The summed E-state index contributed by atoms with van der Waals surface area (Å²) >= 11 is 0. The fourth-order valence-corrected chi connectivity index (χ4v) is 2.73. The maximum atomic E-state index is 11.2. The van der Waals surface area contributed by atoms with Gasteiger partial charge in [0.2, 0.25) is 0 Å². The average molecular weight is 320 g/mol. The summed E-state index contributed by atoms with van der Waals surface area (Å²) in [5.41, 5.74) is 1.14. The van der Waals surface area contributed by atoms with Crippen molar-refractivity contribution in [2.45, 2.75) is 72.1 Å². The molecule has 3 heteroatoms. The molecule has 1 N–H and O–H groups in total. The second-order valence-electron chi connectivity index (χ2n) is 6.76. The molecular weight excluding hydrogens is 288 g/mol. The van der Waals surface area contributed by atoms with Crippen molar-refractivity contribution in [3.05, 3.63) is 29.3 Å². The van der Waals surface area contributed by atoms with Gasteiger partial charge in [-0.2, -0.15) is 0 Å². The van der Waals surface area contributed by atoms with Gasteiger partial charge in [0.15, 0.2) is 0 Å². The minimum absolute atomic E-state index is 0.259.